The van der Waals surface area contributed by atoms with Crippen molar-refractivity contribution in [3.05, 3.63) is 24.0 Å². The second-order valence-electron chi connectivity index (χ2n) is 4.50. The van der Waals surface area contributed by atoms with Gasteiger partial charge in [-0.25, -0.2) is 0 Å². The summed E-state index contributed by atoms with van der Waals surface area (Å²) in [6.45, 7) is 5.70. The first-order valence-electron chi connectivity index (χ1n) is 6.63. The molecule has 0 spiro atoms. The summed E-state index contributed by atoms with van der Waals surface area (Å²) in [7, 11) is 0. The highest BCUT2D eigenvalue weighted by molar-refractivity contribution is 5.75. The number of allylic oxidation sites excluding steroid dienone is 3. The number of carbonyl (C=O) groups is 1. The summed E-state index contributed by atoms with van der Waals surface area (Å²) < 4.78 is 21.4. The van der Waals surface area contributed by atoms with Crippen molar-refractivity contribution >= 4 is 5.97 Å². The number of carbonyl (C=O) groups excluding carboxylic acids is 1. The molecule has 2 aliphatic rings. The summed E-state index contributed by atoms with van der Waals surface area (Å²) in [5.74, 6) is 0.226. The zero-order valence-electron chi connectivity index (χ0n) is 11.3. The van der Waals surface area contributed by atoms with E-state index in [4.69, 9.17) is 18.9 Å². The van der Waals surface area contributed by atoms with Gasteiger partial charge in [0.1, 0.15) is 12.4 Å². The Morgan fingerprint density at radius 1 is 1.42 bits per heavy atom. The Morgan fingerprint density at radius 2 is 2.16 bits per heavy atom. The standard InChI is InChI=1S/C14H20O5/c1-3-16-14(15)11-5-4-6-12(10(11)2)19-9-13-17-7-8-18-13/h4-6,10-11,13H,3,7-9H2,1-2H3. The van der Waals surface area contributed by atoms with E-state index in [0.29, 0.717) is 26.4 Å². The highest BCUT2D eigenvalue weighted by Gasteiger charge is 2.30. The van der Waals surface area contributed by atoms with Crippen LogP contribution < -0.4 is 0 Å². The number of hydrogen-bond acceptors (Lipinski definition) is 5. The molecular formula is C14H20O5. The molecule has 0 N–H and O–H groups in total. The van der Waals surface area contributed by atoms with E-state index >= 15 is 0 Å². The van der Waals surface area contributed by atoms with Crippen molar-refractivity contribution in [3.8, 4) is 0 Å². The molecule has 0 aromatic carbocycles. The molecule has 1 saturated heterocycles. The molecule has 2 atom stereocenters. The van der Waals surface area contributed by atoms with Gasteiger partial charge < -0.3 is 18.9 Å². The van der Waals surface area contributed by atoms with Gasteiger partial charge in [0.25, 0.3) is 0 Å². The predicted molar refractivity (Wildman–Crippen MR) is 68.2 cm³/mol. The molecule has 1 fully saturated rings. The van der Waals surface area contributed by atoms with Crippen LogP contribution in [-0.2, 0) is 23.7 Å². The second-order valence-corrected chi connectivity index (χ2v) is 4.50. The molecule has 2 rings (SSSR count). The van der Waals surface area contributed by atoms with Gasteiger partial charge in [-0.1, -0.05) is 19.1 Å². The fraction of sp³-hybridized carbons (Fsp3) is 0.643. The first kappa shape index (κ1) is 14.1. The highest BCUT2D eigenvalue weighted by Crippen LogP contribution is 2.28. The number of esters is 1. The van der Waals surface area contributed by atoms with Crippen molar-refractivity contribution in [1.29, 1.82) is 0 Å². The van der Waals surface area contributed by atoms with Crippen molar-refractivity contribution in [1.82, 2.24) is 0 Å². The average molecular weight is 268 g/mol. The lowest BCUT2D eigenvalue weighted by Crippen LogP contribution is -2.27. The van der Waals surface area contributed by atoms with Crippen molar-refractivity contribution in [3.63, 3.8) is 0 Å². The van der Waals surface area contributed by atoms with Crippen molar-refractivity contribution in [2.75, 3.05) is 26.4 Å². The number of rotatable bonds is 5. The Morgan fingerprint density at radius 3 is 2.84 bits per heavy atom. The normalized spacial score (nSPS) is 27.2. The van der Waals surface area contributed by atoms with Crippen LogP contribution in [0.3, 0.4) is 0 Å². The number of hydrogen-bond donors (Lipinski definition) is 0. The van der Waals surface area contributed by atoms with Crippen LogP contribution in [0.1, 0.15) is 13.8 Å². The summed E-state index contributed by atoms with van der Waals surface area (Å²) in [6, 6.07) is 0. The van der Waals surface area contributed by atoms with E-state index in [2.05, 4.69) is 0 Å². The van der Waals surface area contributed by atoms with Gasteiger partial charge in [-0.2, -0.15) is 0 Å². The maximum absolute atomic E-state index is 11.8. The van der Waals surface area contributed by atoms with Gasteiger partial charge in [0.2, 0.25) is 0 Å². The first-order valence-corrected chi connectivity index (χ1v) is 6.63. The lowest BCUT2D eigenvalue weighted by atomic mass is 9.88. The van der Waals surface area contributed by atoms with Crippen LogP contribution in [-0.4, -0.2) is 38.7 Å². The van der Waals surface area contributed by atoms with Crippen LogP contribution in [0.2, 0.25) is 0 Å². The average Bonchev–Trinajstić information content (AvgIpc) is 2.91. The molecule has 0 aromatic heterocycles. The van der Waals surface area contributed by atoms with Gasteiger partial charge >= 0.3 is 5.97 Å². The van der Waals surface area contributed by atoms with Gasteiger partial charge in [0.05, 0.1) is 25.7 Å². The molecular weight excluding hydrogens is 248 g/mol. The largest absolute Gasteiger partial charge is 0.492 e. The minimum absolute atomic E-state index is 0.0366. The third-order valence-corrected chi connectivity index (χ3v) is 3.20. The molecule has 0 radical (unpaired) electrons. The monoisotopic (exact) mass is 268 g/mol. The molecule has 0 bridgehead atoms. The van der Waals surface area contributed by atoms with Crippen LogP contribution in [0, 0.1) is 11.8 Å². The van der Waals surface area contributed by atoms with Gasteiger partial charge in [0, 0.05) is 5.92 Å². The van der Waals surface area contributed by atoms with Crippen molar-refractivity contribution < 1.29 is 23.7 Å². The topological polar surface area (TPSA) is 54.0 Å². The van der Waals surface area contributed by atoms with Gasteiger partial charge in [-0.15, -0.1) is 0 Å². The first-order chi connectivity index (χ1) is 9.22. The summed E-state index contributed by atoms with van der Waals surface area (Å²) in [5.41, 5.74) is 0. The van der Waals surface area contributed by atoms with E-state index in [-0.39, 0.29) is 24.1 Å². The number of ether oxygens (including phenoxy) is 4. The van der Waals surface area contributed by atoms with E-state index in [1.807, 2.05) is 25.2 Å². The fourth-order valence-corrected chi connectivity index (χ4v) is 2.13. The summed E-state index contributed by atoms with van der Waals surface area (Å²) in [6.07, 6.45) is 5.24. The Labute approximate surface area is 113 Å². The molecule has 1 heterocycles. The molecule has 19 heavy (non-hydrogen) atoms. The summed E-state index contributed by atoms with van der Waals surface area (Å²) in [5, 5.41) is 0. The Balaban J connectivity index is 1.88. The predicted octanol–water partition coefficient (Wildman–Crippen LogP) is 1.64. The van der Waals surface area contributed by atoms with Gasteiger partial charge in [0.15, 0.2) is 6.29 Å². The molecule has 0 aromatic rings. The van der Waals surface area contributed by atoms with E-state index < -0.39 is 0 Å². The van der Waals surface area contributed by atoms with Crippen LogP contribution in [0.25, 0.3) is 0 Å². The van der Waals surface area contributed by atoms with E-state index in [9.17, 15) is 4.79 Å². The Bertz CT molecular complexity index is 368. The molecule has 106 valence electrons. The molecule has 2 unspecified atom stereocenters. The minimum atomic E-state index is -0.306. The minimum Gasteiger partial charge on any atom is -0.492 e. The molecule has 0 amide bonds. The van der Waals surface area contributed by atoms with E-state index in [1.165, 1.54) is 0 Å². The third kappa shape index (κ3) is 3.58. The van der Waals surface area contributed by atoms with Crippen molar-refractivity contribution in [2.45, 2.75) is 20.1 Å². The van der Waals surface area contributed by atoms with Crippen LogP contribution in [0.4, 0.5) is 0 Å². The Hall–Kier alpha value is -1.33. The van der Waals surface area contributed by atoms with Crippen LogP contribution in [0.5, 0.6) is 0 Å². The second kappa shape index (κ2) is 6.73. The summed E-state index contributed by atoms with van der Waals surface area (Å²) in [4.78, 5) is 11.8. The molecule has 1 aliphatic carbocycles. The van der Waals surface area contributed by atoms with Gasteiger partial charge in [-0.05, 0) is 13.0 Å². The van der Waals surface area contributed by atoms with E-state index in [1.54, 1.807) is 6.92 Å². The van der Waals surface area contributed by atoms with Crippen LogP contribution >= 0.6 is 0 Å². The van der Waals surface area contributed by atoms with Crippen LogP contribution in [0.15, 0.2) is 24.0 Å². The maximum Gasteiger partial charge on any atom is 0.313 e. The smallest absolute Gasteiger partial charge is 0.313 e. The quantitative estimate of drug-likeness (QED) is 0.710. The lowest BCUT2D eigenvalue weighted by molar-refractivity contribution is -0.148. The highest BCUT2D eigenvalue weighted by atomic mass is 16.7. The zero-order chi connectivity index (χ0) is 13.7. The fourth-order valence-electron chi connectivity index (χ4n) is 2.13. The lowest BCUT2D eigenvalue weighted by Gasteiger charge is -2.25. The molecule has 1 aliphatic heterocycles. The SMILES string of the molecule is CCOC(=O)C1C=CC=C(OCC2OCCO2)C1C. The Kier molecular flexibility index (Phi) is 4.99. The van der Waals surface area contributed by atoms with Gasteiger partial charge in [-0.3, -0.25) is 4.79 Å². The third-order valence-electron chi connectivity index (χ3n) is 3.20. The molecule has 5 nitrogen and oxygen atoms in total. The molecule has 5 heteroatoms. The summed E-state index contributed by atoms with van der Waals surface area (Å²) >= 11 is 0. The van der Waals surface area contributed by atoms with Crippen molar-refractivity contribution in [2.24, 2.45) is 11.8 Å². The zero-order valence-corrected chi connectivity index (χ0v) is 11.3. The maximum atomic E-state index is 11.8. The molecule has 0 saturated carbocycles. The van der Waals surface area contributed by atoms with E-state index in [0.717, 1.165) is 5.76 Å².